The van der Waals surface area contributed by atoms with Crippen molar-refractivity contribution in [2.24, 2.45) is 5.92 Å². The first-order valence-corrected chi connectivity index (χ1v) is 11.7. The van der Waals surface area contributed by atoms with Crippen molar-refractivity contribution in [3.63, 3.8) is 0 Å². The van der Waals surface area contributed by atoms with E-state index in [1.165, 1.54) is 19.3 Å². The number of unbranched alkanes of at least 4 members (excludes halogenated alkanes) is 1. The van der Waals surface area contributed by atoms with Crippen LogP contribution in [-0.2, 0) is 10.0 Å². The molecule has 3 aliphatic carbocycles. The van der Waals surface area contributed by atoms with Crippen LogP contribution in [0.3, 0.4) is 0 Å². The van der Waals surface area contributed by atoms with E-state index in [1.807, 2.05) is 6.07 Å². The predicted octanol–water partition coefficient (Wildman–Crippen LogP) is 4.01. The average Bonchev–Trinajstić information content (AvgIpc) is 2.59. The minimum Gasteiger partial charge on any atom is -0.496 e. The Morgan fingerprint density at radius 3 is 2.54 bits per heavy atom. The summed E-state index contributed by atoms with van der Waals surface area (Å²) < 4.78 is 34.6. The molecule has 0 unspecified atom stereocenters. The molecule has 1 aliphatic heterocycles. The molecule has 3 fully saturated rings. The van der Waals surface area contributed by atoms with Crippen LogP contribution in [0, 0.1) is 5.92 Å². The Balaban J connectivity index is 1.85. The van der Waals surface area contributed by atoms with Gasteiger partial charge in [0.15, 0.2) is 0 Å². The molecule has 1 heterocycles. The van der Waals surface area contributed by atoms with Gasteiger partial charge in [-0.15, -0.1) is 0 Å². The van der Waals surface area contributed by atoms with Gasteiger partial charge in [-0.05, 0) is 53.6 Å². The number of ether oxygens (including phenoxy) is 1. The Morgan fingerprint density at radius 2 is 2.00 bits per heavy atom. The third-order valence-corrected chi connectivity index (χ3v) is 9.12. The number of methoxy groups -OCH3 is 1. The van der Waals surface area contributed by atoms with Gasteiger partial charge in [0, 0.05) is 31.2 Å². The largest absolute Gasteiger partial charge is 0.496 e. The van der Waals surface area contributed by atoms with Gasteiger partial charge in [-0.2, -0.15) is 4.31 Å². The van der Waals surface area contributed by atoms with Gasteiger partial charge in [-0.1, -0.05) is 19.8 Å². The Morgan fingerprint density at radius 1 is 1.31 bits per heavy atom. The Labute approximate surface area is 164 Å². The topological polar surface area (TPSA) is 49.9 Å². The van der Waals surface area contributed by atoms with Crippen molar-refractivity contribution in [3.8, 4) is 5.75 Å². The Kier molecular flexibility index (Phi) is 4.56. The SMILES string of the molecule is CCCC[C@@H]1CN(C23CC(C2)C3)c2cc(Br)c(OC)cc2S(=O)(=O)N1C. The maximum absolute atomic E-state index is 13.4. The second kappa shape index (κ2) is 6.38. The summed E-state index contributed by atoms with van der Waals surface area (Å²) in [5.74, 6) is 1.40. The van der Waals surface area contributed by atoms with Crippen molar-refractivity contribution in [1.29, 1.82) is 0 Å². The lowest BCUT2D eigenvalue weighted by Gasteiger charge is -2.67. The first-order valence-electron chi connectivity index (χ1n) is 9.45. The van der Waals surface area contributed by atoms with Crippen LogP contribution in [0.1, 0.15) is 45.4 Å². The van der Waals surface area contributed by atoms with E-state index in [4.69, 9.17) is 4.74 Å². The van der Waals surface area contributed by atoms with E-state index in [0.717, 1.165) is 41.9 Å². The molecule has 1 aromatic carbocycles. The minimum atomic E-state index is -3.56. The van der Waals surface area contributed by atoms with E-state index in [9.17, 15) is 8.42 Å². The highest BCUT2D eigenvalue weighted by Crippen LogP contribution is 2.62. The van der Waals surface area contributed by atoms with Crippen molar-refractivity contribution >= 4 is 31.6 Å². The zero-order chi connectivity index (χ0) is 18.7. The molecule has 3 saturated carbocycles. The van der Waals surface area contributed by atoms with Crippen LogP contribution in [0.2, 0.25) is 0 Å². The van der Waals surface area contributed by atoms with Gasteiger partial charge in [-0.3, -0.25) is 0 Å². The number of nitrogens with zero attached hydrogens (tertiary/aromatic N) is 2. The molecular formula is C19H27BrN2O3S. The van der Waals surface area contributed by atoms with E-state index in [1.54, 1.807) is 24.5 Å². The molecule has 1 atom stereocenters. The minimum absolute atomic E-state index is 0.00569. The van der Waals surface area contributed by atoms with Gasteiger partial charge in [0.1, 0.15) is 10.6 Å². The summed E-state index contributed by atoms with van der Waals surface area (Å²) in [6, 6.07) is 3.64. The number of rotatable bonds is 5. The fraction of sp³-hybridized carbons (Fsp3) is 0.684. The number of benzene rings is 1. The molecular weight excluding hydrogens is 416 g/mol. The fourth-order valence-corrected chi connectivity index (χ4v) is 6.86. The molecule has 1 aromatic rings. The third kappa shape index (κ3) is 2.61. The number of sulfonamides is 1. The van der Waals surface area contributed by atoms with Crippen LogP contribution in [0.25, 0.3) is 0 Å². The van der Waals surface area contributed by atoms with Gasteiger partial charge in [-0.25, -0.2) is 8.42 Å². The number of fused-ring (bicyclic) bond motifs is 1. The molecule has 0 N–H and O–H groups in total. The first-order chi connectivity index (χ1) is 12.3. The second-order valence-electron chi connectivity index (χ2n) is 8.09. The summed E-state index contributed by atoms with van der Waals surface area (Å²) in [4.78, 5) is 2.79. The maximum Gasteiger partial charge on any atom is 0.245 e. The number of halogens is 1. The molecule has 144 valence electrons. The Bertz CT molecular complexity index is 809. The third-order valence-electron chi connectivity index (χ3n) is 6.56. The van der Waals surface area contributed by atoms with Crippen molar-refractivity contribution in [2.75, 3.05) is 25.6 Å². The molecule has 2 bridgehead atoms. The van der Waals surface area contributed by atoms with Crippen LogP contribution in [-0.4, -0.2) is 45.0 Å². The highest BCUT2D eigenvalue weighted by Gasteiger charge is 2.61. The Hall–Kier alpha value is -0.790. The number of hydrogen-bond acceptors (Lipinski definition) is 4. The predicted molar refractivity (Wildman–Crippen MR) is 106 cm³/mol. The first kappa shape index (κ1) is 18.6. The molecule has 0 amide bonds. The van der Waals surface area contributed by atoms with Crippen molar-refractivity contribution in [1.82, 2.24) is 4.31 Å². The summed E-state index contributed by atoms with van der Waals surface area (Å²) in [6.07, 6.45) is 6.59. The summed E-state index contributed by atoms with van der Waals surface area (Å²) >= 11 is 3.56. The standard InChI is InChI=1S/C19H27BrN2O3S/c1-4-5-6-14-12-22(19-9-13(10-19)11-19)16-7-15(20)17(25-3)8-18(16)26(23,24)21(14)2/h7-8,13-14H,4-6,9-12H2,1-3H3/t13?,14-,19?/m1/s1. The molecule has 0 radical (unpaired) electrons. The van der Waals surface area contributed by atoms with Crippen LogP contribution < -0.4 is 9.64 Å². The van der Waals surface area contributed by atoms with Crippen LogP contribution >= 0.6 is 15.9 Å². The summed E-state index contributed by atoms with van der Waals surface area (Å²) in [5.41, 5.74) is 1.00. The molecule has 7 heteroatoms. The van der Waals surface area contributed by atoms with Crippen LogP contribution in [0.4, 0.5) is 5.69 Å². The summed E-state index contributed by atoms with van der Waals surface area (Å²) in [5, 5.41) is 0. The normalized spacial score (nSPS) is 32.2. The van der Waals surface area contributed by atoms with Crippen LogP contribution in [0.5, 0.6) is 5.75 Å². The van der Waals surface area contributed by atoms with E-state index in [0.29, 0.717) is 10.6 Å². The maximum atomic E-state index is 13.4. The highest BCUT2D eigenvalue weighted by molar-refractivity contribution is 9.10. The van der Waals surface area contributed by atoms with E-state index >= 15 is 0 Å². The van der Waals surface area contributed by atoms with Gasteiger partial charge in [0.2, 0.25) is 10.0 Å². The molecule has 0 saturated heterocycles. The zero-order valence-electron chi connectivity index (χ0n) is 15.7. The highest BCUT2D eigenvalue weighted by atomic mass is 79.9. The summed E-state index contributed by atoms with van der Waals surface area (Å²) in [6.45, 7) is 2.93. The van der Waals surface area contributed by atoms with E-state index in [-0.39, 0.29) is 11.6 Å². The quantitative estimate of drug-likeness (QED) is 0.690. The van der Waals surface area contributed by atoms with Gasteiger partial charge >= 0.3 is 0 Å². The second-order valence-corrected chi connectivity index (χ2v) is 10.9. The van der Waals surface area contributed by atoms with E-state index in [2.05, 4.69) is 27.8 Å². The van der Waals surface area contributed by atoms with Crippen molar-refractivity contribution in [3.05, 3.63) is 16.6 Å². The average molecular weight is 443 g/mol. The van der Waals surface area contributed by atoms with E-state index < -0.39 is 10.0 Å². The smallest absolute Gasteiger partial charge is 0.245 e. The molecule has 0 aromatic heterocycles. The summed E-state index contributed by atoms with van der Waals surface area (Å²) in [7, 11) is -0.248. The van der Waals surface area contributed by atoms with Gasteiger partial charge < -0.3 is 9.64 Å². The zero-order valence-corrected chi connectivity index (χ0v) is 18.1. The molecule has 5 nitrogen and oxygen atoms in total. The lowest BCUT2D eigenvalue weighted by molar-refractivity contribution is -0.0270. The monoisotopic (exact) mass is 442 g/mol. The van der Waals surface area contributed by atoms with Crippen molar-refractivity contribution in [2.45, 2.75) is 61.9 Å². The van der Waals surface area contributed by atoms with Crippen LogP contribution in [0.15, 0.2) is 21.5 Å². The fourth-order valence-electron chi connectivity index (χ4n) is 4.80. The molecule has 0 spiro atoms. The number of hydrogen-bond donors (Lipinski definition) is 0. The molecule has 5 rings (SSSR count). The molecule has 26 heavy (non-hydrogen) atoms. The molecule has 4 aliphatic rings. The van der Waals surface area contributed by atoms with Gasteiger partial charge in [0.05, 0.1) is 17.3 Å². The van der Waals surface area contributed by atoms with Crippen molar-refractivity contribution < 1.29 is 13.2 Å². The number of likely N-dealkylation sites (N-methyl/N-ethyl adjacent to an activating group) is 1. The number of anilines is 1. The lowest BCUT2D eigenvalue weighted by Crippen LogP contribution is -2.69. The van der Waals surface area contributed by atoms with Gasteiger partial charge in [0.25, 0.3) is 0 Å². The lowest BCUT2D eigenvalue weighted by atomic mass is 9.49.